The molecule has 24 heavy (non-hydrogen) atoms. The first kappa shape index (κ1) is 16.3. The summed E-state index contributed by atoms with van der Waals surface area (Å²) in [5, 5.41) is 10.3. The van der Waals surface area contributed by atoms with E-state index in [0.717, 1.165) is 38.4 Å². The molecule has 0 bridgehead atoms. The monoisotopic (exact) mass is 341 g/mol. The van der Waals surface area contributed by atoms with Gasteiger partial charge in [0.2, 0.25) is 0 Å². The van der Waals surface area contributed by atoms with Gasteiger partial charge in [-0.05, 0) is 60.3 Å². The van der Waals surface area contributed by atoms with Gasteiger partial charge >= 0.3 is 0 Å². The molecule has 124 valence electrons. The van der Waals surface area contributed by atoms with Crippen molar-refractivity contribution in [1.29, 1.82) is 0 Å². The SMILES string of the molecule is COc1ccc(-c2cnsc2-c2cc(C)c(C)c(OC)c2)c(O)c1. The van der Waals surface area contributed by atoms with E-state index in [0.29, 0.717) is 5.75 Å². The number of phenols is 1. The van der Waals surface area contributed by atoms with Crippen molar-refractivity contribution in [2.24, 2.45) is 0 Å². The topological polar surface area (TPSA) is 51.6 Å². The van der Waals surface area contributed by atoms with Crippen molar-refractivity contribution in [2.45, 2.75) is 13.8 Å². The highest BCUT2D eigenvalue weighted by Gasteiger charge is 2.16. The van der Waals surface area contributed by atoms with Crippen molar-refractivity contribution in [2.75, 3.05) is 14.2 Å². The highest BCUT2D eigenvalue weighted by atomic mass is 32.1. The Kier molecular flexibility index (Phi) is 4.44. The largest absolute Gasteiger partial charge is 0.507 e. The molecule has 5 heteroatoms. The van der Waals surface area contributed by atoms with E-state index in [1.807, 2.05) is 25.1 Å². The van der Waals surface area contributed by atoms with E-state index < -0.39 is 0 Å². The fraction of sp³-hybridized carbons (Fsp3) is 0.211. The van der Waals surface area contributed by atoms with Crippen molar-refractivity contribution in [1.82, 2.24) is 4.37 Å². The molecule has 0 saturated carbocycles. The van der Waals surface area contributed by atoms with Gasteiger partial charge in [-0.15, -0.1) is 0 Å². The molecule has 0 radical (unpaired) electrons. The molecule has 0 atom stereocenters. The van der Waals surface area contributed by atoms with Crippen LogP contribution < -0.4 is 9.47 Å². The van der Waals surface area contributed by atoms with Crippen LogP contribution in [0.1, 0.15) is 11.1 Å². The quantitative estimate of drug-likeness (QED) is 0.739. The van der Waals surface area contributed by atoms with E-state index in [1.165, 1.54) is 11.5 Å². The molecule has 0 unspecified atom stereocenters. The van der Waals surface area contributed by atoms with Gasteiger partial charge in [-0.3, -0.25) is 0 Å². The van der Waals surface area contributed by atoms with Crippen molar-refractivity contribution < 1.29 is 14.6 Å². The average Bonchev–Trinajstić information content (AvgIpc) is 3.06. The highest BCUT2D eigenvalue weighted by Crippen LogP contribution is 2.42. The Morgan fingerprint density at radius 2 is 1.79 bits per heavy atom. The normalized spacial score (nSPS) is 10.7. The van der Waals surface area contributed by atoms with Crippen LogP contribution in [0.4, 0.5) is 0 Å². The first-order valence-corrected chi connectivity index (χ1v) is 8.30. The minimum atomic E-state index is 0.173. The molecule has 2 aromatic carbocycles. The van der Waals surface area contributed by atoms with Crippen LogP contribution in [0.25, 0.3) is 21.6 Å². The number of aromatic nitrogens is 1. The van der Waals surface area contributed by atoms with Crippen LogP contribution in [0.15, 0.2) is 36.5 Å². The second kappa shape index (κ2) is 6.53. The number of phenolic OH excluding ortho intramolecular Hbond substituents is 1. The van der Waals surface area contributed by atoms with Gasteiger partial charge in [0.1, 0.15) is 17.2 Å². The molecule has 0 amide bonds. The Hall–Kier alpha value is -2.53. The van der Waals surface area contributed by atoms with Gasteiger partial charge in [-0.1, -0.05) is 6.07 Å². The predicted octanol–water partition coefficient (Wildman–Crippen LogP) is 4.82. The molecule has 0 aliphatic heterocycles. The van der Waals surface area contributed by atoms with Gasteiger partial charge in [-0.2, -0.15) is 4.37 Å². The van der Waals surface area contributed by atoms with Crippen LogP contribution in [0.5, 0.6) is 17.2 Å². The molecular weight excluding hydrogens is 322 g/mol. The lowest BCUT2D eigenvalue weighted by Crippen LogP contribution is -1.92. The lowest BCUT2D eigenvalue weighted by molar-refractivity contribution is 0.408. The third kappa shape index (κ3) is 2.83. The summed E-state index contributed by atoms with van der Waals surface area (Å²) in [5.41, 5.74) is 4.94. The Morgan fingerprint density at radius 1 is 1.00 bits per heavy atom. The van der Waals surface area contributed by atoms with Crippen LogP contribution in [0, 0.1) is 13.8 Å². The van der Waals surface area contributed by atoms with Crippen molar-refractivity contribution in [3.8, 4) is 38.8 Å². The molecule has 4 nitrogen and oxygen atoms in total. The van der Waals surface area contributed by atoms with E-state index in [2.05, 4.69) is 17.4 Å². The second-order valence-electron chi connectivity index (χ2n) is 5.57. The van der Waals surface area contributed by atoms with Crippen LogP contribution in [0.2, 0.25) is 0 Å². The van der Waals surface area contributed by atoms with Gasteiger partial charge in [0, 0.05) is 23.4 Å². The molecule has 0 aliphatic rings. The average molecular weight is 341 g/mol. The number of nitrogens with zero attached hydrogens (tertiary/aromatic N) is 1. The van der Waals surface area contributed by atoms with Gasteiger partial charge in [0.25, 0.3) is 0 Å². The van der Waals surface area contributed by atoms with Crippen LogP contribution >= 0.6 is 11.5 Å². The maximum absolute atomic E-state index is 10.3. The number of benzene rings is 2. The third-order valence-electron chi connectivity index (χ3n) is 4.17. The molecule has 3 aromatic rings. The number of methoxy groups -OCH3 is 2. The molecular formula is C19H19NO3S. The summed E-state index contributed by atoms with van der Waals surface area (Å²) >= 11 is 1.40. The fourth-order valence-electron chi connectivity index (χ4n) is 2.68. The summed E-state index contributed by atoms with van der Waals surface area (Å²) < 4.78 is 15.0. The minimum Gasteiger partial charge on any atom is -0.507 e. The molecule has 1 aromatic heterocycles. The summed E-state index contributed by atoms with van der Waals surface area (Å²) in [5.74, 6) is 1.64. The lowest BCUT2D eigenvalue weighted by atomic mass is 9.99. The van der Waals surface area contributed by atoms with E-state index in [1.54, 1.807) is 26.5 Å². The molecule has 0 fully saturated rings. The maximum Gasteiger partial charge on any atom is 0.127 e. The predicted molar refractivity (Wildman–Crippen MR) is 97.2 cm³/mol. The lowest BCUT2D eigenvalue weighted by Gasteiger charge is -2.12. The van der Waals surface area contributed by atoms with Crippen molar-refractivity contribution in [3.63, 3.8) is 0 Å². The number of ether oxygens (including phenoxy) is 2. The van der Waals surface area contributed by atoms with Crippen LogP contribution in [-0.2, 0) is 0 Å². The van der Waals surface area contributed by atoms with E-state index >= 15 is 0 Å². The number of aryl methyl sites for hydroxylation is 1. The van der Waals surface area contributed by atoms with E-state index in [-0.39, 0.29) is 5.75 Å². The molecule has 0 spiro atoms. The van der Waals surface area contributed by atoms with E-state index in [9.17, 15) is 5.11 Å². The van der Waals surface area contributed by atoms with Crippen LogP contribution in [0.3, 0.4) is 0 Å². The first-order chi connectivity index (χ1) is 11.5. The third-order valence-corrected chi connectivity index (χ3v) is 5.02. The van der Waals surface area contributed by atoms with E-state index in [4.69, 9.17) is 9.47 Å². The maximum atomic E-state index is 10.3. The fourth-order valence-corrected chi connectivity index (χ4v) is 3.42. The smallest absolute Gasteiger partial charge is 0.127 e. The Bertz CT molecular complexity index is 886. The second-order valence-corrected chi connectivity index (χ2v) is 6.37. The van der Waals surface area contributed by atoms with Gasteiger partial charge in [-0.25, -0.2) is 0 Å². The number of aromatic hydroxyl groups is 1. The Morgan fingerprint density at radius 3 is 2.46 bits per heavy atom. The summed E-state index contributed by atoms with van der Waals surface area (Å²) in [6.45, 7) is 4.10. The molecule has 3 rings (SSSR count). The van der Waals surface area contributed by atoms with Crippen molar-refractivity contribution >= 4 is 11.5 Å². The zero-order valence-electron chi connectivity index (χ0n) is 14.1. The van der Waals surface area contributed by atoms with Crippen molar-refractivity contribution in [3.05, 3.63) is 47.7 Å². The molecule has 1 N–H and O–H groups in total. The minimum absolute atomic E-state index is 0.173. The Balaban J connectivity index is 2.14. The zero-order chi connectivity index (χ0) is 17.3. The number of hydrogen-bond donors (Lipinski definition) is 1. The van der Waals surface area contributed by atoms with Crippen LogP contribution in [-0.4, -0.2) is 23.7 Å². The van der Waals surface area contributed by atoms with Gasteiger partial charge < -0.3 is 14.6 Å². The summed E-state index contributed by atoms with van der Waals surface area (Å²) in [6, 6.07) is 9.42. The Labute approximate surface area is 145 Å². The van der Waals surface area contributed by atoms with Gasteiger partial charge in [0.15, 0.2) is 0 Å². The van der Waals surface area contributed by atoms with Gasteiger partial charge in [0.05, 0.1) is 19.1 Å². The molecule has 1 heterocycles. The summed E-state index contributed by atoms with van der Waals surface area (Å²) in [7, 11) is 3.25. The summed E-state index contributed by atoms with van der Waals surface area (Å²) in [4.78, 5) is 0.997. The zero-order valence-corrected chi connectivity index (χ0v) is 14.9. The number of rotatable bonds is 4. The summed E-state index contributed by atoms with van der Waals surface area (Å²) in [6.07, 6.45) is 1.78. The number of hydrogen-bond acceptors (Lipinski definition) is 5. The first-order valence-electron chi connectivity index (χ1n) is 7.52. The highest BCUT2D eigenvalue weighted by molar-refractivity contribution is 7.10. The standard InChI is InChI=1S/C19H19NO3S/c1-11-7-13(8-18(23-4)12(11)2)19-16(10-20-24-19)15-6-5-14(22-3)9-17(15)21/h5-10,21H,1-4H3. The molecule has 0 saturated heterocycles. The molecule has 0 aliphatic carbocycles.